The molecule has 0 heterocycles. The van der Waals surface area contributed by atoms with Gasteiger partial charge in [0.25, 0.3) is 0 Å². The molecular formula is CH7NS4. The molecule has 0 aliphatic rings. The molecule has 0 aromatic heterocycles. The minimum Gasteiger partial charge on any atom is -0.344 e. The Labute approximate surface area is 59.5 Å². The fraction of sp³-hybridized carbons (Fsp3) is 1.00. The first kappa shape index (κ1) is 10.4. The van der Waals surface area contributed by atoms with E-state index >= 15 is 0 Å². The summed E-state index contributed by atoms with van der Waals surface area (Å²) < 4.78 is -0.722. The summed E-state index contributed by atoms with van der Waals surface area (Å²) in [5, 5.41) is 0. The van der Waals surface area contributed by atoms with Crippen LogP contribution in [-0.2, 0) is 0 Å². The van der Waals surface area contributed by atoms with Crippen molar-refractivity contribution in [2.75, 3.05) is 0 Å². The monoisotopic (exact) mass is 161 g/mol. The van der Waals surface area contributed by atoms with E-state index in [-0.39, 0.29) is 6.15 Å². The molecule has 1 nitrogen and oxygen atoms in total. The van der Waals surface area contributed by atoms with Gasteiger partial charge in [0.05, 0.1) is 0 Å². The molecule has 0 aliphatic carbocycles. The molecule has 6 heavy (non-hydrogen) atoms. The summed E-state index contributed by atoms with van der Waals surface area (Å²) in [4.78, 5) is 0. The van der Waals surface area contributed by atoms with Crippen LogP contribution in [0.25, 0.3) is 0 Å². The van der Waals surface area contributed by atoms with Crippen molar-refractivity contribution in [3.63, 3.8) is 0 Å². The molecule has 0 spiro atoms. The average Bonchev–Trinajstić information content (AvgIpc) is 0.722. The second-order valence-electron chi connectivity index (χ2n) is 0.600. The Hall–Kier alpha value is 1.36. The Morgan fingerprint density at radius 3 is 0.833 bits per heavy atom. The molecule has 0 saturated heterocycles. The average molecular weight is 161 g/mol. The van der Waals surface area contributed by atoms with Crippen molar-refractivity contribution in [2.45, 2.75) is 2.74 Å². The highest BCUT2D eigenvalue weighted by Crippen LogP contribution is 2.27. The van der Waals surface area contributed by atoms with Gasteiger partial charge in [-0.05, 0) is 0 Å². The Morgan fingerprint density at radius 1 is 0.833 bits per heavy atom. The molecule has 0 aromatic rings. The molecule has 0 aliphatic heterocycles. The van der Waals surface area contributed by atoms with Gasteiger partial charge in [0.15, 0.2) is 0 Å². The first-order chi connectivity index (χ1) is 2.00. The van der Waals surface area contributed by atoms with Gasteiger partial charge in [0, 0.05) is 0 Å². The van der Waals surface area contributed by atoms with Crippen LogP contribution >= 0.6 is 50.5 Å². The van der Waals surface area contributed by atoms with E-state index in [9.17, 15) is 0 Å². The highest BCUT2D eigenvalue weighted by molar-refractivity contribution is 8.31. The van der Waals surface area contributed by atoms with E-state index < -0.39 is 2.74 Å². The molecule has 0 unspecified atom stereocenters. The van der Waals surface area contributed by atoms with Crippen LogP contribution in [0.4, 0.5) is 0 Å². The first-order valence-corrected chi connectivity index (χ1v) is 2.68. The largest absolute Gasteiger partial charge is 0.344 e. The number of hydrogen-bond acceptors (Lipinski definition) is 5. The maximum absolute atomic E-state index is 3.72. The lowest BCUT2D eigenvalue weighted by Gasteiger charge is -2.00. The van der Waals surface area contributed by atoms with Crippen molar-refractivity contribution in [2.24, 2.45) is 0 Å². The van der Waals surface area contributed by atoms with E-state index in [2.05, 4.69) is 50.5 Å². The van der Waals surface area contributed by atoms with Crippen LogP contribution in [0.1, 0.15) is 0 Å². The van der Waals surface area contributed by atoms with Crippen LogP contribution in [0.3, 0.4) is 0 Å². The van der Waals surface area contributed by atoms with Gasteiger partial charge >= 0.3 is 0 Å². The van der Waals surface area contributed by atoms with Crippen LogP contribution in [0.5, 0.6) is 0 Å². The summed E-state index contributed by atoms with van der Waals surface area (Å²) in [7, 11) is 0. The third-order valence-corrected chi connectivity index (χ3v) is 0. The molecule has 0 saturated carbocycles. The van der Waals surface area contributed by atoms with E-state index in [0.717, 1.165) is 0 Å². The van der Waals surface area contributed by atoms with E-state index in [1.807, 2.05) is 0 Å². The van der Waals surface area contributed by atoms with Gasteiger partial charge in [-0.3, -0.25) is 0 Å². The minimum atomic E-state index is -0.722. The SMILES string of the molecule is N.SC(S)(S)S. The molecule has 0 atom stereocenters. The van der Waals surface area contributed by atoms with Crippen molar-refractivity contribution >= 4 is 50.5 Å². The van der Waals surface area contributed by atoms with Gasteiger partial charge in [0.1, 0.15) is 2.74 Å². The molecule has 0 amide bonds. The molecule has 0 radical (unpaired) electrons. The standard InChI is InChI=1S/CH4S4.H3N/c2-1(3,4)5;/h2-5H;1H3. The third kappa shape index (κ3) is 55.1. The van der Waals surface area contributed by atoms with E-state index in [4.69, 9.17) is 0 Å². The van der Waals surface area contributed by atoms with E-state index in [0.29, 0.717) is 0 Å². The molecule has 40 valence electrons. The second-order valence-corrected chi connectivity index (χ2v) is 5.40. The molecule has 0 rings (SSSR count). The van der Waals surface area contributed by atoms with E-state index in [1.54, 1.807) is 0 Å². The van der Waals surface area contributed by atoms with Gasteiger partial charge in [-0.25, -0.2) is 0 Å². The lowest BCUT2D eigenvalue weighted by molar-refractivity contribution is 2.01. The number of hydrogen-bond donors (Lipinski definition) is 5. The van der Waals surface area contributed by atoms with E-state index in [1.165, 1.54) is 0 Å². The predicted molar refractivity (Wildman–Crippen MR) is 43.7 cm³/mol. The zero-order chi connectivity index (χ0) is 4.50. The van der Waals surface area contributed by atoms with Crippen LogP contribution in [0.15, 0.2) is 0 Å². The quantitative estimate of drug-likeness (QED) is 0.271. The Balaban J connectivity index is 0. The smallest absolute Gasteiger partial charge is 0.142 e. The number of rotatable bonds is 0. The fourth-order valence-corrected chi connectivity index (χ4v) is 0. The maximum Gasteiger partial charge on any atom is 0.142 e. The first-order valence-electron chi connectivity index (χ1n) is 0.894. The second kappa shape index (κ2) is 3.37. The van der Waals surface area contributed by atoms with Crippen LogP contribution in [-0.4, -0.2) is 2.74 Å². The minimum absolute atomic E-state index is 0. The summed E-state index contributed by atoms with van der Waals surface area (Å²) in [6.45, 7) is 0. The molecule has 0 fully saturated rings. The van der Waals surface area contributed by atoms with Gasteiger partial charge in [-0.2, -0.15) is 0 Å². The summed E-state index contributed by atoms with van der Waals surface area (Å²) in [5.74, 6) is 0. The Bertz CT molecular complexity index is 23.0. The van der Waals surface area contributed by atoms with Crippen molar-refractivity contribution in [1.29, 1.82) is 0 Å². The summed E-state index contributed by atoms with van der Waals surface area (Å²) >= 11 is 14.9. The maximum atomic E-state index is 3.72. The Morgan fingerprint density at radius 2 is 0.833 bits per heavy atom. The molecule has 0 bridgehead atoms. The van der Waals surface area contributed by atoms with Gasteiger partial charge in [-0.1, -0.05) is 0 Å². The lowest BCUT2D eigenvalue weighted by atomic mass is 11.8. The molecule has 5 heteroatoms. The summed E-state index contributed by atoms with van der Waals surface area (Å²) in [6.07, 6.45) is 0. The normalized spacial score (nSPS) is 10.0. The lowest BCUT2D eigenvalue weighted by Crippen LogP contribution is -1.82. The van der Waals surface area contributed by atoms with Crippen molar-refractivity contribution in [3.8, 4) is 0 Å². The highest BCUT2D eigenvalue weighted by atomic mass is 32.3. The molecule has 3 N–H and O–H groups in total. The van der Waals surface area contributed by atoms with Gasteiger partial charge < -0.3 is 6.15 Å². The Kier molecular flexibility index (Phi) is 5.83. The zero-order valence-corrected chi connectivity index (χ0v) is 6.57. The third-order valence-electron chi connectivity index (χ3n) is 0. The summed E-state index contributed by atoms with van der Waals surface area (Å²) in [5.41, 5.74) is 0. The topological polar surface area (TPSA) is 35.0 Å². The van der Waals surface area contributed by atoms with Gasteiger partial charge in [0.2, 0.25) is 0 Å². The highest BCUT2D eigenvalue weighted by Gasteiger charge is 2.01. The number of thiol groups is 4. The van der Waals surface area contributed by atoms with Crippen LogP contribution in [0, 0.1) is 0 Å². The van der Waals surface area contributed by atoms with Gasteiger partial charge in [-0.15, -0.1) is 50.5 Å². The van der Waals surface area contributed by atoms with Crippen LogP contribution in [0.2, 0.25) is 0 Å². The van der Waals surface area contributed by atoms with Crippen molar-refractivity contribution in [3.05, 3.63) is 0 Å². The fourth-order valence-electron chi connectivity index (χ4n) is 0. The summed E-state index contributed by atoms with van der Waals surface area (Å²) in [6, 6.07) is 0. The van der Waals surface area contributed by atoms with Crippen LogP contribution < -0.4 is 6.15 Å². The van der Waals surface area contributed by atoms with Crippen molar-refractivity contribution < 1.29 is 0 Å². The predicted octanol–water partition coefficient (Wildman–Crippen LogP) is 1.48. The molecular weight excluding hydrogens is 154 g/mol. The van der Waals surface area contributed by atoms with Crippen molar-refractivity contribution in [1.82, 2.24) is 6.15 Å². The molecule has 0 aromatic carbocycles. The zero-order valence-electron chi connectivity index (χ0n) is 3.00.